The molecule has 5 nitrogen and oxygen atoms in total. The normalized spacial score (nSPS) is 20.1. The van der Waals surface area contributed by atoms with E-state index in [2.05, 4.69) is 33.5 Å². The molecular formula is C24H31N3O2S. The number of hydrogen-bond acceptors (Lipinski definition) is 4. The molecule has 0 aliphatic carbocycles. The minimum Gasteiger partial charge on any atom is -0.349 e. The van der Waals surface area contributed by atoms with Gasteiger partial charge in [0.15, 0.2) is 0 Å². The number of thiophene rings is 1. The van der Waals surface area contributed by atoms with E-state index in [1.165, 1.54) is 10.4 Å². The average molecular weight is 426 g/mol. The third-order valence-corrected chi connectivity index (χ3v) is 7.47. The van der Waals surface area contributed by atoms with Gasteiger partial charge in [-0.25, -0.2) is 0 Å². The Kier molecular flexibility index (Phi) is 6.54. The molecule has 2 aliphatic rings. The lowest BCUT2D eigenvalue weighted by molar-refractivity contribution is -0.135. The van der Waals surface area contributed by atoms with E-state index < -0.39 is 0 Å². The molecule has 0 saturated carbocycles. The van der Waals surface area contributed by atoms with E-state index in [1.54, 1.807) is 0 Å². The summed E-state index contributed by atoms with van der Waals surface area (Å²) in [6, 6.07) is 10.3. The van der Waals surface area contributed by atoms with E-state index in [4.69, 9.17) is 0 Å². The third kappa shape index (κ3) is 4.44. The van der Waals surface area contributed by atoms with Gasteiger partial charge in [-0.1, -0.05) is 25.1 Å². The molecule has 1 atom stereocenters. The second-order valence-electron chi connectivity index (χ2n) is 8.40. The quantitative estimate of drug-likeness (QED) is 0.793. The van der Waals surface area contributed by atoms with Crippen LogP contribution in [-0.4, -0.2) is 53.8 Å². The fourth-order valence-electron chi connectivity index (χ4n) is 4.74. The molecule has 6 heteroatoms. The Hall–Kier alpha value is -2.18. The predicted molar refractivity (Wildman–Crippen MR) is 121 cm³/mol. The van der Waals surface area contributed by atoms with E-state index in [1.807, 2.05) is 42.5 Å². The first-order chi connectivity index (χ1) is 14.6. The van der Waals surface area contributed by atoms with Crippen LogP contribution in [-0.2, 0) is 11.2 Å². The van der Waals surface area contributed by atoms with Crippen LogP contribution in [0.3, 0.4) is 0 Å². The Bertz CT molecular complexity index is 901. The summed E-state index contributed by atoms with van der Waals surface area (Å²) < 4.78 is 0. The maximum absolute atomic E-state index is 13.1. The lowest BCUT2D eigenvalue weighted by Gasteiger charge is -2.38. The molecule has 1 saturated heterocycles. The highest BCUT2D eigenvalue weighted by Gasteiger charge is 2.31. The highest BCUT2D eigenvalue weighted by molar-refractivity contribution is 7.10. The summed E-state index contributed by atoms with van der Waals surface area (Å²) in [5.41, 5.74) is 3.09. The fraction of sp³-hybridized carbons (Fsp3) is 0.500. The second kappa shape index (κ2) is 9.31. The zero-order valence-electron chi connectivity index (χ0n) is 17.9. The van der Waals surface area contributed by atoms with Gasteiger partial charge in [-0.05, 0) is 61.2 Å². The Morgan fingerprint density at radius 1 is 1.13 bits per heavy atom. The number of nitrogens with zero attached hydrogens (tertiary/aromatic N) is 2. The minimum atomic E-state index is 0.00768. The van der Waals surface area contributed by atoms with Gasteiger partial charge in [0.1, 0.15) is 0 Å². The van der Waals surface area contributed by atoms with Crippen LogP contribution in [0.15, 0.2) is 35.7 Å². The van der Waals surface area contributed by atoms with Crippen LogP contribution in [0.4, 0.5) is 0 Å². The molecule has 1 aromatic carbocycles. The number of carbonyl (C=O) groups excluding carboxylic acids is 2. The number of carbonyl (C=O) groups is 2. The van der Waals surface area contributed by atoms with E-state index >= 15 is 0 Å². The molecule has 4 rings (SSSR count). The number of likely N-dealkylation sites (tertiary alicyclic amines) is 1. The molecule has 1 fully saturated rings. The number of rotatable bonds is 5. The van der Waals surface area contributed by atoms with Gasteiger partial charge in [-0.15, -0.1) is 11.3 Å². The Morgan fingerprint density at radius 3 is 2.63 bits per heavy atom. The molecule has 1 unspecified atom stereocenters. The average Bonchev–Trinajstić information content (AvgIpc) is 3.23. The summed E-state index contributed by atoms with van der Waals surface area (Å²) in [5.74, 6) is 0.245. The summed E-state index contributed by atoms with van der Waals surface area (Å²) in [6.07, 6.45) is 3.71. The van der Waals surface area contributed by atoms with E-state index in [0.717, 1.165) is 56.4 Å². The maximum Gasteiger partial charge on any atom is 0.251 e. The molecule has 0 radical (unpaired) electrons. The number of benzene rings is 1. The molecular weight excluding hydrogens is 394 g/mol. The number of piperidine rings is 1. The molecule has 2 aromatic rings. The van der Waals surface area contributed by atoms with Crippen LogP contribution < -0.4 is 5.32 Å². The summed E-state index contributed by atoms with van der Waals surface area (Å²) in [6.45, 7) is 7.13. The first-order valence-corrected chi connectivity index (χ1v) is 11.9. The Morgan fingerprint density at radius 2 is 1.90 bits per heavy atom. The lowest BCUT2D eigenvalue weighted by atomic mass is 9.97. The monoisotopic (exact) mass is 425 g/mol. The Labute approximate surface area is 183 Å². The van der Waals surface area contributed by atoms with Gasteiger partial charge in [-0.3, -0.25) is 14.5 Å². The number of nitrogens with one attached hydrogen (secondary N) is 1. The molecule has 2 aliphatic heterocycles. The van der Waals surface area contributed by atoms with Crippen molar-refractivity contribution in [3.63, 3.8) is 0 Å². The molecule has 2 amide bonds. The van der Waals surface area contributed by atoms with Gasteiger partial charge in [-0.2, -0.15) is 0 Å². The summed E-state index contributed by atoms with van der Waals surface area (Å²) in [4.78, 5) is 31.4. The molecule has 0 spiro atoms. The minimum absolute atomic E-state index is 0.00768. The zero-order chi connectivity index (χ0) is 21.1. The van der Waals surface area contributed by atoms with Crippen LogP contribution >= 0.6 is 11.3 Å². The maximum atomic E-state index is 13.1. The van der Waals surface area contributed by atoms with Crippen molar-refractivity contribution in [2.75, 3.05) is 26.2 Å². The van der Waals surface area contributed by atoms with E-state index in [-0.39, 0.29) is 23.9 Å². The molecule has 0 bridgehead atoms. The topological polar surface area (TPSA) is 52.7 Å². The number of hydrogen-bond donors (Lipinski definition) is 1. The van der Waals surface area contributed by atoms with E-state index in [0.29, 0.717) is 6.54 Å². The standard InChI is InChI=1S/C24H31N3O2S/c1-3-21-20-11-15-30-22(20)10-14-27(21)23(28)16-26-12-8-18(9-13-26)25-24(29)19-7-5-4-6-17(19)2/h4-7,11,15,18,21H,3,8-10,12-14,16H2,1-2H3,(H,25,29). The van der Waals surface area contributed by atoms with Crippen LogP contribution in [0.5, 0.6) is 0 Å². The van der Waals surface area contributed by atoms with Crippen LogP contribution in [0.1, 0.15) is 58.6 Å². The predicted octanol–water partition coefficient (Wildman–Crippen LogP) is 3.79. The third-order valence-electron chi connectivity index (χ3n) is 6.47. The first kappa shape index (κ1) is 21.1. The highest BCUT2D eigenvalue weighted by Crippen LogP contribution is 2.35. The number of aryl methyl sites for hydroxylation is 1. The molecule has 30 heavy (non-hydrogen) atoms. The van der Waals surface area contributed by atoms with Gasteiger partial charge in [0.25, 0.3) is 5.91 Å². The summed E-state index contributed by atoms with van der Waals surface area (Å²) in [7, 11) is 0. The van der Waals surface area contributed by atoms with Crippen molar-refractivity contribution in [2.24, 2.45) is 0 Å². The first-order valence-electron chi connectivity index (χ1n) is 11.0. The summed E-state index contributed by atoms with van der Waals surface area (Å²) >= 11 is 1.82. The zero-order valence-corrected chi connectivity index (χ0v) is 18.7. The summed E-state index contributed by atoms with van der Waals surface area (Å²) in [5, 5.41) is 5.33. The molecule has 160 valence electrons. The smallest absolute Gasteiger partial charge is 0.251 e. The van der Waals surface area contributed by atoms with Crippen molar-refractivity contribution < 1.29 is 9.59 Å². The van der Waals surface area contributed by atoms with Crippen molar-refractivity contribution in [3.8, 4) is 0 Å². The van der Waals surface area contributed by atoms with Crippen LogP contribution in [0.25, 0.3) is 0 Å². The lowest BCUT2D eigenvalue weighted by Crippen LogP contribution is -2.49. The van der Waals surface area contributed by atoms with Gasteiger partial charge >= 0.3 is 0 Å². The van der Waals surface area contributed by atoms with Gasteiger partial charge < -0.3 is 10.2 Å². The Balaban J connectivity index is 1.28. The van der Waals surface area contributed by atoms with Crippen molar-refractivity contribution in [2.45, 2.75) is 51.6 Å². The molecule has 3 heterocycles. The van der Waals surface area contributed by atoms with Crippen molar-refractivity contribution in [1.29, 1.82) is 0 Å². The fourth-order valence-corrected chi connectivity index (χ4v) is 5.67. The van der Waals surface area contributed by atoms with Crippen LogP contribution in [0.2, 0.25) is 0 Å². The number of fused-ring (bicyclic) bond motifs is 1. The van der Waals surface area contributed by atoms with E-state index in [9.17, 15) is 9.59 Å². The molecule has 1 aromatic heterocycles. The van der Waals surface area contributed by atoms with Crippen molar-refractivity contribution in [3.05, 3.63) is 57.3 Å². The van der Waals surface area contributed by atoms with Crippen LogP contribution in [0, 0.1) is 6.92 Å². The second-order valence-corrected chi connectivity index (χ2v) is 9.40. The number of amides is 2. The largest absolute Gasteiger partial charge is 0.349 e. The van der Waals surface area contributed by atoms with Gasteiger partial charge in [0.2, 0.25) is 5.91 Å². The van der Waals surface area contributed by atoms with Gasteiger partial charge in [0.05, 0.1) is 12.6 Å². The van der Waals surface area contributed by atoms with Crippen molar-refractivity contribution >= 4 is 23.2 Å². The SMILES string of the molecule is CCC1c2ccsc2CCN1C(=O)CN1CCC(NC(=O)c2ccccc2C)CC1. The highest BCUT2D eigenvalue weighted by atomic mass is 32.1. The van der Waals surface area contributed by atoms with Gasteiger partial charge in [0, 0.05) is 36.1 Å². The van der Waals surface area contributed by atoms with Crippen molar-refractivity contribution in [1.82, 2.24) is 15.1 Å². The molecule has 1 N–H and O–H groups in total.